The van der Waals surface area contributed by atoms with Gasteiger partial charge < -0.3 is 20.5 Å². The fourth-order valence-electron chi connectivity index (χ4n) is 3.79. The summed E-state index contributed by atoms with van der Waals surface area (Å²) in [5, 5.41) is 22.1. The van der Waals surface area contributed by atoms with Gasteiger partial charge in [-0.05, 0) is 36.2 Å². The van der Waals surface area contributed by atoms with E-state index in [9.17, 15) is 54.5 Å². The molecule has 0 bridgehead atoms. The number of aryl methyl sites for hydroxylation is 1. The molecule has 1 aromatic heterocycles. The molecule has 38 heavy (non-hydrogen) atoms. The Morgan fingerprint density at radius 2 is 1.42 bits per heavy atom. The van der Waals surface area contributed by atoms with Gasteiger partial charge in [0.25, 0.3) is 0 Å². The second kappa shape index (κ2) is 10.3. The first kappa shape index (κ1) is 29.0. The normalized spacial score (nSPS) is 13.6. The number of rotatable bonds is 7. The van der Waals surface area contributed by atoms with Gasteiger partial charge in [-0.15, -0.1) is 0 Å². The standard InChI is InChI=1S/C24H19F9N2O3/c1-11-2-4-12(5-3-11)18-16(35-20(21(37)38)19(18)24(31,32)33)9-34-10-17(36)13-6-14(22(25,26)27)8-15(7-13)23(28,29)30/h2-8,17,34-36H,9-10H2,1H3,(H,37,38). The molecule has 0 amide bonds. The van der Waals surface area contributed by atoms with Crippen molar-refractivity contribution in [2.75, 3.05) is 6.54 Å². The number of aliphatic hydroxyl groups is 1. The number of carboxylic acid groups (broad SMARTS) is 1. The van der Waals surface area contributed by atoms with Gasteiger partial charge in [0.05, 0.1) is 22.8 Å². The molecule has 206 valence electrons. The number of hydrogen-bond donors (Lipinski definition) is 4. The van der Waals surface area contributed by atoms with Gasteiger partial charge in [0.2, 0.25) is 0 Å². The molecule has 0 saturated heterocycles. The smallest absolute Gasteiger partial charge is 0.419 e. The van der Waals surface area contributed by atoms with E-state index in [1.165, 1.54) is 24.3 Å². The average Bonchev–Trinajstić information content (AvgIpc) is 3.18. The van der Waals surface area contributed by atoms with E-state index in [2.05, 4.69) is 10.3 Å². The van der Waals surface area contributed by atoms with Gasteiger partial charge >= 0.3 is 24.5 Å². The van der Waals surface area contributed by atoms with Crippen LogP contribution in [0.1, 0.15) is 50.1 Å². The van der Waals surface area contributed by atoms with Crippen LogP contribution in [-0.4, -0.2) is 27.7 Å². The van der Waals surface area contributed by atoms with Crippen LogP contribution in [0.15, 0.2) is 42.5 Å². The maximum Gasteiger partial charge on any atom is 0.419 e. The molecule has 0 aliphatic rings. The molecular weight excluding hydrogens is 535 g/mol. The van der Waals surface area contributed by atoms with Crippen molar-refractivity contribution in [3.63, 3.8) is 0 Å². The summed E-state index contributed by atoms with van der Waals surface area (Å²) in [5.41, 5.74) is -6.69. The predicted octanol–water partition coefficient (Wildman–Crippen LogP) is 6.57. The van der Waals surface area contributed by atoms with E-state index in [0.29, 0.717) is 17.7 Å². The van der Waals surface area contributed by atoms with Crippen LogP contribution in [0.5, 0.6) is 0 Å². The van der Waals surface area contributed by atoms with Crippen LogP contribution in [0, 0.1) is 6.92 Å². The van der Waals surface area contributed by atoms with Gasteiger partial charge in [-0.1, -0.05) is 29.8 Å². The second-order valence-electron chi connectivity index (χ2n) is 8.38. The summed E-state index contributed by atoms with van der Waals surface area (Å²) in [6.45, 7) is 0.465. The van der Waals surface area contributed by atoms with Gasteiger partial charge in [0, 0.05) is 24.3 Å². The Labute approximate surface area is 208 Å². The first-order chi connectivity index (χ1) is 17.4. The number of carbonyl (C=O) groups is 1. The fraction of sp³-hybridized carbons (Fsp3) is 0.292. The summed E-state index contributed by atoms with van der Waals surface area (Å²) in [4.78, 5) is 13.7. The predicted molar refractivity (Wildman–Crippen MR) is 116 cm³/mol. The van der Waals surface area contributed by atoms with E-state index in [-0.39, 0.29) is 17.3 Å². The molecule has 0 saturated carbocycles. The van der Waals surface area contributed by atoms with Crippen LogP contribution >= 0.6 is 0 Å². The lowest BCUT2D eigenvalue weighted by Gasteiger charge is -2.18. The van der Waals surface area contributed by atoms with Crippen molar-refractivity contribution in [3.05, 3.63) is 81.7 Å². The summed E-state index contributed by atoms with van der Waals surface area (Å²) < 4.78 is 120. The monoisotopic (exact) mass is 554 g/mol. The number of aromatic nitrogens is 1. The Morgan fingerprint density at radius 1 is 0.895 bits per heavy atom. The lowest BCUT2D eigenvalue weighted by Crippen LogP contribution is -2.22. The van der Waals surface area contributed by atoms with Crippen LogP contribution in [-0.2, 0) is 25.1 Å². The number of halogens is 9. The Bertz CT molecular complexity index is 1280. The highest BCUT2D eigenvalue weighted by molar-refractivity contribution is 5.92. The molecule has 3 aromatic rings. The average molecular weight is 554 g/mol. The summed E-state index contributed by atoms with van der Waals surface area (Å²) in [7, 11) is 0. The third-order valence-electron chi connectivity index (χ3n) is 5.55. The molecule has 0 aliphatic carbocycles. The van der Waals surface area contributed by atoms with Crippen LogP contribution in [0.2, 0.25) is 0 Å². The van der Waals surface area contributed by atoms with Gasteiger partial charge in [-0.3, -0.25) is 0 Å². The molecule has 1 unspecified atom stereocenters. The quantitative estimate of drug-likeness (QED) is 0.249. The van der Waals surface area contributed by atoms with Crippen molar-refractivity contribution < 1.29 is 54.5 Å². The zero-order valence-electron chi connectivity index (χ0n) is 19.2. The molecular formula is C24H19F9N2O3. The highest BCUT2D eigenvalue weighted by Gasteiger charge is 2.42. The number of aromatic amines is 1. The molecule has 2 aromatic carbocycles. The number of aliphatic hydroxyl groups excluding tert-OH is 1. The SMILES string of the molecule is Cc1ccc(-c2c(CNCC(O)c3cc(C(F)(F)F)cc(C(F)(F)F)c3)[nH]c(C(=O)O)c2C(F)(F)F)cc1. The van der Waals surface area contributed by atoms with E-state index < -0.39 is 77.2 Å². The highest BCUT2D eigenvalue weighted by Crippen LogP contribution is 2.42. The van der Waals surface area contributed by atoms with Crippen LogP contribution in [0.25, 0.3) is 11.1 Å². The second-order valence-corrected chi connectivity index (χ2v) is 8.38. The Kier molecular flexibility index (Phi) is 7.89. The third-order valence-corrected chi connectivity index (χ3v) is 5.55. The maximum absolute atomic E-state index is 13.9. The van der Waals surface area contributed by atoms with E-state index in [4.69, 9.17) is 0 Å². The number of nitrogens with one attached hydrogen (secondary N) is 2. The molecule has 0 fully saturated rings. The minimum Gasteiger partial charge on any atom is -0.477 e. The number of hydrogen-bond acceptors (Lipinski definition) is 3. The van der Waals surface area contributed by atoms with Crippen molar-refractivity contribution in [1.29, 1.82) is 0 Å². The summed E-state index contributed by atoms with van der Waals surface area (Å²) in [6, 6.07) is 6.21. The molecule has 4 N–H and O–H groups in total. The van der Waals surface area contributed by atoms with Gasteiger partial charge in [0.1, 0.15) is 5.69 Å². The van der Waals surface area contributed by atoms with Crippen molar-refractivity contribution in [2.24, 2.45) is 0 Å². The first-order valence-corrected chi connectivity index (χ1v) is 10.7. The minimum atomic E-state index is -5.14. The molecule has 3 rings (SSSR count). The number of alkyl halides is 9. The molecule has 14 heteroatoms. The van der Waals surface area contributed by atoms with E-state index in [1.807, 2.05) is 0 Å². The van der Waals surface area contributed by atoms with Gasteiger partial charge in [0.15, 0.2) is 0 Å². The van der Waals surface area contributed by atoms with Gasteiger partial charge in [-0.25, -0.2) is 4.79 Å². The van der Waals surface area contributed by atoms with Crippen LogP contribution in [0.4, 0.5) is 39.5 Å². The number of carboxylic acids is 1. The Morgan fingerprint density at radius 3 is 1.87 bits per heavy atom. The van der Waals surface area contributed by atoms with Crippen molar-refractivity contribution >= 4 is 5.97 Å². The molecule has 0 spiro atoms. The van der Waals surface area contributed by atoms with Crippen molar-refractivity contribution in [3.8, 4) is 11.1 Å². The van der Waals surface area contributed by atoms with Crippen LogP contribution < -0.4 is 5.32 Å². The number of benzene rings is 2. The lowest BCUT2D eigenvalue weighted by atomic mass is 9.98. The number of H-pyrrole nitrogens is 1. The lowest BCUT2D eigenvalue weighted by molar-refractivity contribution is -0.143. The Balaban J connectivity index is 1.95. The largest absolute Gasteiger partial charge is 0.477 e. The zero-order chi connectivity index (χ0) is 28.6. The minimum absolute atomic E-state index is 0.0109. The molecule has 0 aliphatic heterocycles. The molecule has 1 heterocycles. The fourth-order valence-corrected chi connectivity index (χ4v) is 3.79. The Hall–Kier alpha value is -3.52. The summed E-state index contributed by atoms with van der Waals surface area (Å²) in [6.07, 6.45) is -17.3. The molecule has 5 nitrogen and oxygen atoms in total. The van der Waals surface area contributed by atoms with E-state index in [1.54, 1.807) is 6.92 Å². The molecule has 0 radical (unpaired) electrons. The first-order valence-electron chi connectivity index (χ1n) is 10.7. The molecule has 1 atom stereocenters. The zero-order valence-corrected chi connectivity index (χ0v) is 19.2. The van der Waals surface area contributed by atoms with Crippen molar-refractivity contribution in [1.82, 2.24) is 10.3 Å². The number of aromatic carboxylic acids is 1. The van der Waals surface area contributed by atoms with Gasteiger partial charge in [-0.2, -0.15) is 39.5 Å². The van der Waals surface area contributed by atoms with E-state index in [0.717, 1.165) is 0 Å². The highest BCUT2D eigenvalue weighted by atomic mass is 19.4. The van der Waals surface area contributed by atoms with Crippen LogP contribution in [0.3, 0.4) is 0 Å². The topological polar surface area (TPSA) is 85.4 Å². The van der Waals surface area contributed by atoms with Crippen molar-refractivity contribution in [2.45, 2.75) is 38.1 Å². The summed E-state index contributed by atoms with van der Waals surface area (Å²) >= 11 is 0. The third kappa shape index (κ3) is 6.48. The van der Waals surface area contributed by atoms with E-state index >= 15 is 0 Å². The maximum atomic E-state index is 13.9. The summed E-state index contributed by atoms with van der Waals surface area (Å²) in [5.74, 6) is -1.90.